The SMILES string of the molecule is COc1cc(NC(C(=O)c2c[nH]c3ccc(OC(F)(F)F)cc23)c2ccc(F)cc2OC)cc(SC)c1. The molecule has 0 saturated heterocycles. The van der Waals surface area contributed by atoms with E-state index in [1.54, 1.807) is 6.07 Å². The van der Waals surface area contributed by atoms with Crippen molar-refractivity contribution >= 4 is 34.1 Å². The van der Waals surface area contributed by atoms with Crippen LogP contribution in [0.4, 0.5) is 23.2 Å². The van der Waals surface area contributed by atoms with Crippen molar-refractivity contribution in [2.45, 2.75) is 17.3 Å². The number of anilines is 1. The number of aromatic nitrogens is 1. The van der Waals surface area contributed by atoms with E-state index >= 15 is 0 Å². The quantitative estimate of drug-likeness (QED) is 0.137. The summed E-state index contributed by atoms with van der Waals surface area (Å²) in [5.41, 5.74) is 1.42. The van der Waals surface area contributed by atoms with Crippen LogP contribution < -0.4 is 19.5 Å². The molecule has 0 radical (unpaired) electrons. The molecule has 1 aromatic heterocycles. The first-order chi connectivity index (χ1) is 17.6. The van der Waals surface area contributed by atoms with E-state index in [0.29, 0.717) is 22.5 Å². The van der Waals surface area contributed by atoms with Gasteiger partial charge in [0.2, 0.25) is 0 Å². The second-order valence-corrected chi connectivity index (χ2v) is 8.77. The van der Waals surface area contributed by atoms with Crippen molar-refractivity contribution in [3.05, 3.63) is 77.7 Å². The van der Waals surface area contributed by atoms with Gasteiger partial charge in [-0.15, -0.1) is 24.9 Å². The number of ether oxygens (including phenoxy) is 3. The Morgan fingerprint density at radius 2 is 1.78 bits per heavy atom. The Morgan fingerprint density at radius 3 is 2.46 bits per heavy atom. The second kappa shape index (κ2) is 10.6. The Bertz CT molecular complexity index is 1420. The summed E-state index contributed by atoms with van der Waals surface area (Å²) in [6, 6.07) is 11.7. The van der Waals surface area contributed by atoms with Crippen LogP contribution in [-0.2, 0) is 0 Å². The third kappa shape index (κ3) is 5.93. The number of methoxy groups -OCH3 is 2. The van der Waals surface area contributed by atoms with Gasteiger partial charge in [0.1, 0.15) is 29.1 Å². The van der Waals surface area contributed by atoms with Crippen molar-refractivity contribution in [2.75, 3.05) is 25.8 Å². The monoisotopic (exact) mass is 534 g/mol. The largest absolute Gasteiger partial charge is 0.573 e. The molecule has 1 atom stereocenters. The van der Waals surface area contributed by atoms with Gasteiger partial charge in [0.05, 0.1) is 14.2 Å². The molecule has 0 bridgehead atoms. The Labute approximate surface area is 213 Å². The summed E-state index contributed by atoms with van der Waals surface area (Å²) in [4.78, 5) is 17.7. The molecule has 0 saturated carbocycles. The van der Waals surface area contributed by atoms with Crippen LogP contribution in [0.2, 0.25) is 0 Å². The third-order valence-corrected chi connectivity index (χ3v) is 6.29. The lowest BCUT2D eigenvalue weighted by Gasteiger charge is -2.22. The van der Waals surface area contributed by atoms with E-state index in [1.807, 2.05) is 18.4 Å². The topological polar surface area (TPSA) is 72.6 Å². The molecule has 4 rings (SSSR count). The zero-order chi connectivity index (χ0) is 26.7. The van der Waals surface area contributed by atoms with Gasteiger partial charge in [-0.1, -0.05) is 0 Å². The number of rotatable bonds is 9. The summed E-state index contributed by atoms with van der Waals surface area (Å²) in [5.74, 6) is -0.838. The van der Waals surface area contributed by atoms with E-state index < -0.39 is 29.8 Å². The smallest absolute Gasteiger partial charge is 0.497 e. The number of ketones is 1. The lowest BCUT2D eigenvalue weighted by Crippen LogP contribution is -2.22. The molecule has 6 nitrogen and oxygen atoms in total. The third-order valence-electron chi connectivity index (χ3n) is 5.58. The minimum absolute atomic E-state index is 0.111. The molecule has 1 unspecified atom stereocenters. The minimum Gasteiger partial charge on any atom is -0.497 e. The van der Waals surface area contributed by atoms with Gasteiger partial charge in [0.15, 0.2) is 5.78 Å². The van der Waals surface area contributed by atoms with E-state index in [9.17, 15) is 22.4 Å². The number of thioether (sulfide) groups is 1. The predicted octanol–water partition coefficient (Wildman–Crippen LogP) is 6.98. The van der Waals surface area contributed by atoms with E-state index in [1.165, 1.54) is 50.4 Å². The number of aromatic amines is 1. The fourth-order valence-electron chi connectivity index (χ4n) is 3.92. The van der Waals surface area contributed by atoms with Crippen LogP contribution >= 0.6 is 11.8 Å². The molecular formula is C26H22F4N2O4S. The van der Waals surface area contributed by atoms with Crippen molar-refractivity contribution in [1.29, 1.82) is 0 Å². The maximum Gasteiger partial charge on any atom is 0.573 e. The van der Waals surface area contributed by atoms with Crippen molar-refractivity contribution in [3.8, 4) is 17.2 Å². The lowest BCUT2D eigenvalue weighted by molar-refractivity contribution is -0.274. The van der Waals surface area contributed by atoms with Gasteiger partial charge in [-0.25, -0.2) is 4.39 Å². The number of alkyl halides is 3. The molecule has 0 amide bonds. The number of hydrogen-bond donors (Lipinski definition) is 2. The summed E-state index contributed by atoms with van der Waals surface area (Å²) < 4.78 is 67.1. The van der Waals surface area contributed by atoms with E-state index in [2.05, 4.69) is 15.0 Å². The predicted molar refractivity (Wildman–Crippen MR) is 133 cm³/mol. The molecule has 0 spiro atoms. The number of nitrogens with one attached hydrogen (secondary N) is 2. The number of Topliss-reactive ketones (excluding diaryl/α,β-unsaturated/α-hetero) is 1. The fourth-order valence-corrected chi connectivity index (χ4v) is 4.40. The van der Waals surface area contributed by atoms with Gasteiger partial charge in [0, 0.05) is 50.9 Å². The van der Waals surface area contributed by atoms with E-state index in [4.69, 9.17) is 9.47 Å². The maximum atomic E-state index is 14.0. The van der Waals surface area contributed by atoms with Crippen LogP contribution in [0.25, 0.3) is 10.9 Å². The van der Waals surface area contributed by atoms with Crippen molar-refractivity contribution in [2.24, 2.45) is 0 Å². The van der Waals surface area contributed by atoms with Gasteiger partial charge in [-0.3, -0.25) is 4.79 Å². The maximum absolute atomic E-state index is 14.0. The van der Waals surface area contributed by atoms with Crippen LogP contribution in [-0.4, -0.2) is 37.6 Å². The Kier molecular flexibility index (Phi) is 7.53. The van der Waals surface area contributed by atoms with Crippen LogP contribution in [0.15, 0.2) is 65.7 Å². The average Bonchev–Trinajstić information content (AvgIpc) is 3.29. The molecule has 3 aromatic carbocycles. The van der Waals surface area contributed by atoms with E-state index in [-0.39, 0.29) is 16.7 Å². The number of fused-ring (bicyclic) bond motifs is 1. The molecule has 0 aliphatic rings. The zero-order valence-electron chi connectivity index (χ0n) is 19.9. The molecule has 2 N–H and O–H groups in total. The van der Waals surface area contributed by atoms with Crippen molar-refractivity contribution in [3.63, 3.8) is 0 Å². The first-order valence-electron chi connectivity index (χ1n) is 10.9. The van der Waals surface area contributed by atoms with Crippen LogP contribution in [0.1, 0.15) is 22.0 Å². The highest BCUT2D eigenvalue weighted by molar-refractivity contribution is 7.98. The molecular weight excluding hydrogens is 512 g/mol. The highest BCUT2D eigenvalue weighted by Gasteiger charge is 2.32. The summed E-state index contributed by atoms with van der Waals surface area (Å²) >= 11 is 1.47. The summed E-state index contributed by atoms with van der Waals surface area (Å²) in [7, 11) is 2.87. The molecule has 0 fully saturated rings. The summed E-state index contributed by atoms with van der Waals surface area (Å²) in [6.45, 7) is 0. The number of halogens is 4. The lowest BCUT2D eigenvalue weighted by atomic mass is 9.95. The Morgan fingerprint density at radius 1 is 1.00 bits per heavy atom. The molecule has 37 heavy (non-hydrogen) atoms. The molecule has 11 heteroatoms. The summed E-state index contributed by atoms with van der Waals surface area (Å²) in [6.07, 6.45) is -1.59. The minimum atomic E-state index is -4.89. The van der Waals surface area contributed by atoms with Crippen molar-refractivity contribution in [1.82, 2.24) is 4.98 Å². The van der Waals surface area contributed by atoms with Crippen LogP contribution in [0.5, 0.6) is 17.2 Å². The standard InChI is InChI=1S/C26H22F4N2O4S/c1-34-17-9-15(10-18(11-17)37-3)32-24(19-6-4-14(27)8-23(19)35-2)25(33)21-13-31-22-7-5-16(12-20(21)22)36-26(28,29)30/h4-13,24,31-32H,1-3H3. The van der Waals surface area contributed by atoms with Gasteiger partial charge in [0.25, 0.3) is 0 Å². The van der Waals surface area contributed by atoms with Crippen molar-refractivity contribution < 1.29 is 36.6 Å². The van der Waals surface area contributed by atoms with Gasteiger partial charge in [-0.2, -0.15) is 0 Å². The van der Waals surface area contributed by atoms with Gasteiger partial charge >= 0.3 is 6.36 Å². The zero-order valence-corrected chi connectivity index (χ0v) is 20.7. The first kappa shape index (κ1) is 26.2. The van der Waals surface area contributed by atoms with Gasteiger partial charge in [-0.05, 0) is 48.7 Å². The molecule has 1 heterocycles. The fraction of sp³-hybridized carbons (Fsp3) is 0.192. The van der Waals surface area contributed by atoms with Gasteiger partial charge < -0.3 is 24.5 Å². The molecule has 0 aliphatic carbocycles. The first-order valence-corrected chi connectivity index (χ1v) is 12.1. The Balaban J connectivity index is 1.83. The highest BCUT2D eigenvalue weighted by Crippen LogP contribution is 2.36. The Hall–Kier alpha value is -3.86. The number of carbonyl (C=O) groups is 1. The molecule has 0 aliphatic heterocycles. The molecule has 4 aromatic rings. The number of carbonyl (C=O) groups excluding carboxylic acids is 1. The average molecular weight is 535 g/mol. The normalized spacial score (nSPS) is 12.3. The van der Waals surface area contributed by atoms with Crippen LogP contribution in [0, 0.1) is 5.82 Å². The second-order valence-electron chi connectivity index (χ2n) is 7.89. The molecule has 194 valence electrons. The number of H-pyrrole nitrogens is 1. The van der Waals surface area contributed by atoms with Crippen LogP contribution in [0.3, 0.4) is 0 Å². The number of benzene rings is 3. The highest BCUT2D eigenvalue weighted by atomic mass is 32.2. The summed E-state index contributed by atoms with van der Waals surface area (Å²) in [5, 5.41) is 3.41. The number of hydrogen-bond acceptors (Lipinski definition) is 6. The van der Waals surface area contributed by atoms with E-state index in [0.717, 1.165) is 23.1 Å².